The van der Waals surface area contributed by atoms with Gasteiger partial charge in [0.15, 0.2) is 5.69 Å². The molecule has 0 amide bonds. The Morgan fingerprint density at radius 1 is 1.67 bits per heavy atom. The topological polar surface area (TPSA) is 76.2 Å². The molecule has 0 aliphatic carbocycles. The molecule has 1 aromatic heterocycles. The van der Waals surface area contributed by atoms with E-state index < -0.39 is 23.7 Å². The number of alkyl halides is 2. The van der Waals surface area contributed by atoms with Crippen LogP contribution in [-0.2, 0) is 6.54 Å². The van der Waals surface area contributed by atoms with Crippen LogP contribution in [0.15, 0.2) is 10.7 Å². The lowest BCUT2D eigenvalue weighted by Gasteiger charge is -2.08. The van der Waals surface area contributed by atoms with E-state index in [1.807, 2.05) is 0 Å². The molecule has 0 radical (unpaired) electrons. The monoisotopic (exact) mass is 280 g/mol. The molecule has 0 saturated carbocycles. The summed E-state index contributed by atoms with van der Waals surface area (Å²) in [6.45, 7) is 0.00715. The molecule has 0 fully saturated rings. The minimum Gasteiger partial charge on any atom is -0.476 e. The molecule has 0 spiro atoms. The van der Waals surface area contributed by atoms with Crippen molar-refractivity contribution in [3.63, 3.8) is 0 Å². The van der Waals surface area contributed by atoms with Crippen LogP contribution in [0.5, 0.6) is 0 Å². The van der Waals surface area contributed by atoms with Crippen LogP contribution in [0.1, 0.15) is 28.0 Å². The van der Waals surface area contributed by atoms with Crippen LogP contribution in [0.3, 0.4) is 0 Å². The molecule has 0 aliphatic rings. The second kappa shape index (κ2) is 4.63. The number of nitrogens with two attached hydrogens (primary N) is 1. The maximum absolute atomic E-state index is 12.5. The molecular formula is C8H7BrF2N2O2. The summed E-state index contributed by atoms with van der Waals surface area (Å²) in [6, 6.07) is 1.05. The third-order valence-electron chi connectivity index (χ3n) is 1.74. The third kappa shape index (κ3) is 2.48. The molecular weight excluding hydrogens is 274 g/mol. The van der Waals surface area contributed by atoms with Gasteiger partial charge in [-0.05, 0) is 27.6 Å². The summed E-state index contributed by atoms with van der Waals surface area (Å²) in [5, 5.41) is 8.65. The van der Waals surface area contributed by atoms with Gasteiger partial charge in [0.25, 0.3) is 6.43 Å². The molecule has 0 aromatic carbocycles. The van der Waals surface area contributed by atoms with Crippen molar-refractivity contribution in [1.82, 2.24) is 4.98 Å². The van der Waals surface area contributed by atoms with Gasteiger partial charge in [0, 0.05) is 6.54 Å². The van der Waals surface area contributed by atoms with Crippen molar-refractivity contribution >= 4 is 21.9 Å². The zero-order valence-corrected chi connectivity index (χ0v) is 8.96. The number of carbonyl (C=O) groups is 1. The summed E-state index contributed by atoms with van der Waals surface area (Å²) in [5.74, 6) is -1.49. The van der Waals surface area contributed by atoms with Gasteiger partial charge in [-0.15, -0.1) is 0 Å². The van der Waals surface area contributed by atoms with E-state index in [0.29, 0.717) is 5.56 Å². The summed E-state index contributed by atoms with van der Waals surface area (Å²) in [5.41, 5.74) is 4.35. The highest BCUT2D eigenvalue weighted by atomic mass is 79.9. The van der Waals surface area contributed by atoms with Gasteiger partial charge in [-0.2, -0.15) is 0 Å². The van der Waals surface area contributed by atoms with Gasteiger partial charge in [-0.1, -0.05) is 0 Å². The SMILES string of the molecule is NCc1cc(C(F)F)c(C(=O)O)nc1Br. The Balaban J connectivity index is 3.38. The van der Waals surface area contributed by atoms with Gasteiger partial charge in [0.05, 0.1) is 5.56 Å². The number of carboxylic acid groups (broad SMARTS) is 1. The lowest BCUT2D eigenvalue weighted by Crippen LogP contribution is -2.10. The number of pyridine rings is 1. The molecule has 0 atom stereocenters. The van der Waals surface area contributed by atoms with Gasteiger partial charge in [-0.3, -0.25) is 0 Å². The second-order valence-corrected chi connectivity index (χ2v) is 3.44. The van der Waals surface area contributed by atoms with Crippen LogP contribution >= 0.6 is 15.9 Å². The molecule has 7 heteroatoms. The van der Waals surface area contributed by atoms with Gasteiger partial charge in [0.2, 0.25) is 0 Å². The van der Waals surface area contributed by atoms with E-state index >= 15 is 0 Å². The Kier molecular flexibility index (Phi) is 3.70. The number of rotatable bonds is 3. The molecule has 1 aromatic rings. The van der Waals surface area contributed by atoms with Crippen molar-refractivity contribution in [2.24, 2.45) is 5.73 Å². The summed E-state index contributed by atoms with van der Waals surface area (Å²) < 4.78 is 25.1. The molecule has 1 heterocycles. The lowest BCUT2D eigenvalue weighted by atomic mass is 10.1. The minimum atomic E-state index is -2.89. The molecule has 0 aliphatic heterocycles. The fourth-order valence-corrected chi connectivity index (χ4v) is 1.48. The summed E-state index contributed by atoms with van der Waals surface area (Å²) >= 11 is 2.96. The van der Waals surface area contributed by atoms with Crippen molar-refractivity contribution in [2.45, 2.75) is 13.0 Å². The van der Waals surface area contributed by atoms with Gasteiger partial charge in [0.1, 0.15) is 4.60 Å². The van der Waals surface area contributed by atoms with Gasteiger partial charge >= 0.3 is 5.97 Å². The number of hydrogen-bond acceptors (Lipinski definition) is 3. The van der Waals surface area contributed by atoms with Crippen molar-refractivity contribution in [1.29, 1.82) is 0 Å². The maximum Gasteiger partial charge on any atom is 0.355 e. The third-order valence-corrected chi connectivity index (χ3v) is 2.42. The number of nitrogens with zero attached hydrogens (tertiary/aromatic N) is 1. The molecule has 0 saturated heterocycles. The average molecular weight is 281 g/mol. The first-order valence-corrected chi connectivity index (χ1v) is 4.67. The molecule has 82 valence electrons. The van der Waals surface area contributed by atoms with Crippen molar-refractivity contribution in [2.75, 3.05) is 0 Å². The van der Waals surface area contributed by atoms with E-state index in [0.717, 1.165) is 6.07 Å². The zero-order chi connectivity index (χ0) is 11.6. The molecule has 1 rings (SSSR count). The van der Waals surface area contributed by atoms with Crippen LogP contribution in [-0.4, -0.2) is 16.1 Å². The minimum absolute atomic E-state index is 0.00715. The van der Waals surface area contributed by atoms with E-state index in [9.17, 15) is 13.6 Å². The lowest BCUT2D eigenvalue weighted by molar-refractivity contribution is 0.0676. The van der Waals surface area contributed by atoms with Crippen molar-refractivity contribution in [3.05, 3.63) is 27.5 Å². The smallest absolute Gasteiger partial charge is 0.355 e. The summed E-state index contributed by atoms with van der Waals surface area (Å²) in [7, 11) is 0. The van der Waals surface area contributed by atoms with E-state index in [-0.39, 0.29) is 11.1 Å². The highest BCUT2D eigenvalue weighted by molar-refractivity contribution is 9.10. The first kappa shape index (κ1) is 12.0. The Morgan fingerprint density at radius 2 is 2.27 bits per heavy atom. The summed E-state index contributed by atoms with van der Waals surface area (Å²) in [4.78, 5) is 14.2. The molecule has 4 nitrogen and oxygen atoms in total. The summed E-state index contributed by atoms with van der Waals surface area (Å²) in [6.07, 6.45) is -2.89. The van der Waals surface area contributed by atoms with Crippen LogP contribution in [0.2, 0.25) is 0 Å². The van der Waals surface area contributed by atoms with Crippen LogP contribution in [0, 0.1) is 0 Å². The van der Waals surface area contributed by atoms with E-state index in [1.165, 1.54) is 0 Å². The van der Waals surface area contributed by atoms with E-state index in [4.69, 9.17) is 10.8 Å². The average Bonchev–Trinajstić information content (AvgIpc) is 2.16. The Hall–Kier alpha value is -1.08. The Labute approximate surface area is 92.2 Å². The van der Waals surface area contributed by atoms with Crippen LogP contribution < -0.4 is 5.73 Å². The predicted molar refractivity (Wildman–Crippen MR) is 51.7 cm³/mol. The highest BCUT2D eigenvalue weighted by Crippen LogP contribution is 2.26. The Morgan fingerprint density at radius 3 is 2.67 bits per heavy atom. The molecule has 0 unspecified atom stereocenters. The quantitative estimate of drug-likeness (QED) is 0.830. The molecule has 15 heavy (non-hydrogen) atoms. The zero-order valence-electron chi connectivity index (χ0n) is 7.38. The van der Waals surface area contributed by atoms with Gasteiger partial charge < -0.3 is 10.8 Å². The van der Waals surface area contributed by atoms with E-state index in [2.05, 4.69) is 20.9 Å². The predicted octanol–water partition coefficient (Wildman–Crippen LogP) is 1.94. The first-order valence-electron chi connectivity index (χ1n) is 3.88. The number of aromatic carboxylic acids is 1. The van der Waals surface area contributed by atoms with E-state index in [1.54, 1.807) is 0 Å². The van der Waals surface area contributed by atoms with Gasteiger partial charge in [-0.25, -0.2) is 18.6 Å². The fraction of sp³-hybridized carbons (Fsp3) is 0.250. The van der Waals surface area contributed by atoms with Crippen LogP contribution in [0.4, 0.5) is 8.78 Å². The van der Waals surface area contributed by atoms with Crippen LogP contribution in [0.25, 0.3) is 0 Å². The van der Waals surface area contributed by atoms with Crippen molar-refractivity contribution in [3.8, 4) is 0 Å². The number of carboxylic acids is 1. The normalized spacial score (nSPS) is 10.7. The largest absolute Gasteiger partial charge is 0.476 e. The number of hydrogen-bond donors (Lipinski definition) is 2. The first-order chi connectivity index (χ1) is 6.97. The number of halogens is 3. The number of aromatic nitrogens is 1. The Bertz CT molecular complexity index is 398. The fourth-order valence-electron chi connectivity index (χ4n) is 1.03. The molecule has 3 N–H and O–H groups in total. The second-order valence-electron chi connectivity index (χ2n) is 2.69. The standard InChI is InChI=1S/C8H7BrF2N2O2/c9-6-3(2-12)1-4(7(10)11)5(13-6)8(14)15/h1,7H,2,12H2,(H,14,15). The highest BCUT2D eigenvalue weighted by Gasteiger charge is 2.21. The maximum atomic E-state index is 12.5. The van der Waals surface area contributed by atoms with Crippen molar-refractivity contribution < 1.29 is 18.7 Å². The molecule has 0 bridgehead atoms.